The number of aliphatic hydroxyl groups excluding tert-OH is 1. The number of aliphatic hydroxyl groups is 1. The molecule has 0 radical (unpaired) electrons. The van der Waals surface area contributed by atoms with Gasteiger partial charge >= 0.3 is 5.97 Å². The Labute approximate surface area is 167 Å². The summed E-state index contributed by atoms with van der Waals surface area (Å²) in [6.45, 7) is 3.43. The molecule has 0 unspecified atom stereocenters. The van der Waals surface area contributed by atoms with Crippen LogP contribution in [0.4, 0.5) is 4.39 Å². The number of carboxylic acids is 1. The van der Waals surface area contributed by atoms with Gasteiger partial charge in [-0.25, -0.2) is 4.39 Å². The normalized spacial score (nSPS) is 49.9. The lowest BCUT2D eigenvalue weighted by atomic mass is 9.45. The number of ketones is 2. The fraction of sp³-hybridized carbons (Fsp3) is 0.667. The summed E-state index contributed by atoms with van der Waals surface area (Å²) >= 11 is 0.990. The summed E-state index contributed by atoms with van der Waals surface area (Å²) in [5, 5.41) is 21.1. The molecule has 0 bridgehead atoms. The summed E-state index contributed by atoms with van der Waals surface area (Å²) < 4.78 is 15.2. The van der Waals surface area contributed by atoms with E-state index < -0.39 is 50.9 Å². The fourth-order valence-corrected chi connectivity index (χ4v) is 7.99. The van der Waals surface area contributed by atoms with Crippen LogP contribution in [0.25, 0.3) is 0 Å². The highest BCUT2D eigenvalue weighted by atomic mass is 32.2. The lowest BCUT2D eigenvalue weighted by Gasteiger charge is -2.62. The first-order chi connectivity index (χ1) is 13.0. The number of allylic oxidation sites excluding steroid dienone is 4. The van der Waals surface area contributed by atoms with Crippen molar-refractivity contribution in [2.24, 2.45) is 22.7 Å². The van der Waals surface area contributed by atoms with Crippen LogP contribution in [-0.2, 0) is 14.4 Å². The van der Waals surface area contributed by atoms with Gasteiger partial charge in [-0.1, -0.05) is 18.6 Å². The second kappa shape index (κ2) is 5.79. The topological polar surface area (TPSA) is 91.7 Å². The molecule has 0 aromatic rings. The van der Waals surface area contributed by atoms with Crippen molar-refractivity contribution >= 4 is 29.3 Å². The second-order valence-corrected chi connectivity index (χ2v) is 10.1. The first-order valence-corrected chi connectivity index (χ1v) is 10.8. The molecule has 0 aliphatic heterocycles. The van der Waals surface area contributed by atoms with E-state index >= 15 is 4.39 Å². The van der Waals surface area contributed by atoms with Gasteiger partial charge in [-0.2, -0.15) is 0 Å². The Morgan fingerprint density at radius 1 is 1.29 bits per heavy atom. The van der Waals surface area contributed by atoms with Gasteiger partial charge in [0.1, 0.15) is 0 Å². The van der Waals surface area contributed by atoms with Crippen LogP contribution < -0.4 is 0 Å². The Hall–Kier alpha value is -1.47. The minimum absolute atomic E-state index is 0.00443. The first-order valence-electron chi connectivity index (χ1n) is 9.62. The number of hydrogen-bond donors (Lipinski definition) is 2. The Morgan fingerprint density at radius 3 is 2.57 bits per heavy atom. The molecule has 2 N–H and O–H groups in total. The number of alkyl halides is 1. The molecule has 3 fully saturated rings. The van der Waals surface area contributed by atoms with Crippen molar-refractivity contribution in [3.05, 3.63) is 23.8 Å². The number of carbonyl (C=O) groups excluding carboxylic acids is 2. The van der Waals surface area contributed by atoms with E-state index in [4.69, 9.17) is 0 Å². The number of fused-ring (bicyclic) bond motifs is 5. The van der Waals surface area contributed by atoms with Crippen molar-refractivity contribution in [2.45, 2.75) is 56.1 Å². The molecular formula is C21H25FO5S. The van der Waals surface area contributed by atoms with Gasteiger partial charge in [0.05, 0.1) is 6.10 Å². The van der Waals surface area contributed by atoms with Crippen molar-refractivity contribution in [1.29, 1.82) is 0 Å². The molecule has 0 saturated heterocycles. The second-order valence-electron chi connectivity index (χ2n) is 9.08. The van der Waals surface area contributed by atoms with Crippen LogP contribution in [0.2, 0.25) is 0 Å². The maximum absolute atomic E-state index is 16.8. The van der Waals surface area contributed by atoms with Crippen molar-refractivity contribution in [3.8, 4) is 0 Å². The molecule has 4 rings (SSSR count). The predicted octanol–water partition coefficient (Wildman–Crippen LogP) is 2.72. The largest absolute Gasteiger partial charge is 0.480 e. The van der Waals surface area contributed by atoms with Crippen LogP contribution in [-0.4, -0.2) is 50.5 Å². The Kier molecular flexibility index (Phi) is 4.10. The van der Waals surface area contributed by atoms with Crippen molar-refractivity contribution in [3.63, 3.8) is 0 Å². The molecule has 0 aromatic heterocycles. The van der Waals surface area contributed by atoms with E-state index in [0.717, 1.165) is 11.8 Å². The van der Waals surface area contributed by atoms with Crippen LogP contribution in [0, 0.1) is 22.7 Å². The highest BCUT2D eigenvalue weighted by Gasteiger charge is 2.77. The number of carboxylic acid groups (broad SMARTS) is 1. The van der Waals surface area contributed by atoms with Gasteiger partial charge in [0.15, 0.2) is 22.0 Å². The maximum Gasteiger partial charge on any atom is 0.328 e. The standard InChI is InChI=1S/C21H25FO5S/c1-18-7-6-12(23)8-11(18)4-5-13-14-9-15(24)21(28-3,17(26)27)19(14,2)10-16(25)20(13,18)22/h6-8,13-14,16,25H,4-5,9-10H2,1-3H3,(H,26,27)/t13-,14-,16-,18-,19-,20-,21-/m0/s1. The third-order valence-electron chi connectivity index (χ3n) is 8.24. The quantitative estimate of drug-likeness (QED) is 0.683. The van der Waals surface area contributed by atoms with E-state index in [0.29, 0.717) is 18.4 Å². The molecule has 4 aliphatic carbocycles. The van der Waals surface area contributed by atoms with Gasteiger partial charge < -0.3 is 10.2 Å². The highest BCUT2D eigenvalue weighted by Crippen LogP contribution is 2.70. The van der Waals surface area contributed by atoms with Crippen LogP contribution in [0.3, 0.4) is 0 Å². The van der Waals surface area contributed by atoms with E-state index in [-0.39, 0.29) is 18.6 Å². The minimum atomic E-state index is -2.05. The van der Waals surface area contributed by atoms with Gasteiger partial charge in [0, 0.05) is 23.2 Å². The van der Waals surface area contributed by atoms with Gasteiger partial charge in [0.25, 0.3) is 0 Å². The van der Waals surface area contributed by atoms with Crippen molar-refractivity contribution in [2.75, 3.05) is 6.26 Å². The molecule has 0 heterocycles. The Morgan fingerprint density at radius 2 is 1.96 bits per heavy atom. The monoisotopic (exact) mass is 408 g/mol. The van der Waals surface area contributed by atoms with Gasteiger partial charge in [-0.05, 0) is 50.5 Å². The molecule has 7 atom stereocenters. The highest BCUT2D eigenvalue weighted by molar-refractivity contribution is 8.01. The third-order valence-corrected chi connectivity index (χ3v) is 9.72. The summed E-state index contributed by atoms with van der Waals surface area (Å²) in [4.78, 5) is 37.0. The Balaban J connectivity index is 1.87. The summed E-state index contributed by atoms with van der Waals surface area (Å²) in [5.41, 5.74) is -3.56. The summed E-state index contributed by atoms with van der Waals surface area (Å²) in [7, 11) is 0. The number of carbonyl (C=O) groups is 3. The SMILES string of the molecule is CS[C@]1(C(=O)O)C(=O)C[C@H]2[C@@H]3CCC4=CC(=O)C=C[C@]4(C)[C@@]3(F)[C@@H](O)C[C@@]21C. The lowest BCUT2D eigenvalue weighted by molar-refractivity contribution is -0.195. The number of thioether (sulfide) groups is 1. The van der Waals surface area contributed by atoms with E-state index in [9.17, 15) is 24.6 Å². The molecule has 0 aromatic carbocycles. The number of hydrogen-bond acceptors (Lipinski definition) is 5. The summed E-state index contributed by atoms with van der Waals surface area (Å²) in [6.07, 6.45) is 5.31. The third kappa shape index (κ3) is 1.95. The number of rotatable bonds is 2. The maximum atomic E-state index is 16.8. The number of halogens is 1. The van der Waals surface area contributed by atoms with Crippen LogP contribution in [0.15, 0.2) is 23.8 Å². The average Bonchev–Trinajstić information content (AvgIpc) is 2.84. The lowest BCUT2D eigenvalue weighted by Crippen LogP contribution is -2.68. The zero-order valence-electron chi connectivity index (χ0n) is 16.2. The van der Waals surface area contributed by atoms with E-state index in [2.05, 4.69) is 0 Å². The van der Waals surface area contributed by atoms with E-state index in [1.165, 1.54) is 12.2 Å². The molecule has 28 heavy (non-hydrogen) atoms. The van der Waals surface area contributed by atoms with Gasteiger partial charge in [-0.3, -0.25) is 14.4 Å². The van der Waals surface area contributed by atoms with E-state index in [1.54, 1.807) is 26.2 Å². The van der Waals surface area contributed by atoms with Crippen LogP contribution in [0.5, 0.6) is 0 Å². The van der Waals surface area contributed by atoms with Gasteiger partial charge in [-0.15, -0.1) is 11.8 Å². The number of aliphatic carboxylic acids is 1. The zero-order chi connectivity index (χ0) is 20.7. The zero-order valence-corrected chi connectivity index (χ0v) is 17.0. The predicted molar refractivity (Wildman–Crippen MR) is 103 cm³/mol. The number of Topliss-reactive ketones (excluding diaryl/α,β-unsaturated/α-hetero) is 1. The molecule has 152 valence electrons. The fourth-order valence-electron chi connectivity index (χ4n) is 6.80. The van der Waals surface area contributed by atoms with Crippen LogP contribution >= 0.6 is 11.8 Å². The molecule has 7 heteroatoms. The summed E-state index contributed by atoms with van der Waals surface area (Å²) in [6, 6.07) is 0. The molecule has 5 nitrogen and oxygen atoms in total. The Bertz CT molecular complexity index is 852. The minimum Gasteiger partial charge on any atom is -0.480 e. The smallest absolute Gasteiger partial charge is 0.328 e. The van der Waals surface area contributed by atoms with E-state index in [1.807, 2.05) is 0 Å². The molecule has 4 aliphatic rings. The average molecular weight is 408 g/mol. The van der Waals surface area contributed by atoms with Gasteiger partial charge in [0.2, 0.25) is 0 Å². The molecule has 0 spiro atoms. The molecule has 0 amide bonds. The molecule has 3 saturated carbocycles. The van der Waals surface area contributed by atoms with Crippen molar-refractivity contribution < 1.29 is 29.0 Å². The van der Waals surface area contributed by atoms with Crippen LogP contribution in [0.1, 0.15) is 39.5 Å². The molecular weight excluding hydrogens is 383 g/mol. The van der Waals surface area contributed by atoms with Crippen molar-refractivity contribution in [1.82, 2.24) is 0 Å². The summed E-state index contributed by atoms with van der Waals surface area (Å²) in [5.74, 6) is -2.91. The first kappa shape index (κ1) is 19.8.